The molecule has 10 heteroatoms. The highest BCUT2D eigenvalue weighted by molar-refractivity contribution is 7.91. The molecule has 0 spiro atoms. The summed E-state index contributed by atoms with van der Waals surface area (Å²) in [5.74, 6) is 0. The molecule has 7 nitrogen and oxygen atoms in total. The fourth-order valence-electron chi connectivity index (χ4n) is 2.27. The molecular formula is C13H23N3O4S3. The van der Waals surface area contributed by atoms with Crippen molar-refractivity contribution in [2.75, 3.05) is 33.2 Å². The third kappa shape index (κ3) is 3.77. The summed E-state index contributed by atoms with van der Waals surface area (Å²) in [6.45, 7) is 6.14. The van der Waals surface area contributed by atoms with E-state index in [9.17, 15) is 16.8 Å². The van der Waals surface area contributed by atoms with Crippen molar-refractivity contribution in [1.29, 1.82) is 0 Å². The van der Waals surface area contributed by atoms with Gasteiger partial charge in [0, 0.05) is 44.1 Å². The summed E-state index contributed by atoms with van der Waals surface area (Å²) in [6.07, 6.45) is 0. The number of rotatable bonds is 5. The van der Waals surface area contributed by atoms with Crippen LogP contribution in [-0.4, -0.2) is 69.0 Å². The van der Waals surface area contributed by atoms with Gasteiger partial charge in [0.2, 0.25) is 0 Å². The van der Waals surface area contributed by atoms with Crippen molar-refractivity contribution in [3.05, 3.63) is 17.0 Å². The normalized spacial score (nSPS) is 18.9. The third-order valence-electron chi connectivity index (χ3n) is 3.92. The summed E-state index contributed by atoms with van der Waals surface area (Å²) in [5.41, 5.74) is 0. The molecule has 0 N–H and O–H groups in total. The van der Waals surface area contributed by atoms with E-state index < -0.39 is 20.2 Å². The van der Waals surface area contributed by atoms with Gasteiger partial charge in [-0.25, -0.2) is 8.42 Å². The van der Waals surface area contributed by atoms with Crippen LogP contribution >= 0.6 is 11.3 Å². The molecule has 2 heterocycles. The van der Waals surface area contributed by atoms with E-state index in [1.165, 1.54) is 31.3 Å². The van der Waals surface area contributed by atoms with E-state index in [0.29, 0.717) is 4.21 Å². The Balaban J connectivity index is 2.10. The molecule has 0 aliphatic carbocycles. The van der Waals surface area contributed by atoms with Gasteiger partial charge in [-0.2, -0.15) is 21.3 Å². The smallest absolute Gasteiger partial charge is 0.206 e. The molecule has 132 valence electrons. The first-order valence-corrected chi connectivity index (χ1v) is 11.0. The van der Waals surface area contributed by atoms with Crippen molar-refractivity contribution in [3.63, 3.8) is 0 Å². The summed E-state index contributed by atoms with van der Waals surface area (Å²) in [4.78, 5) is 0.934. The van der Waals surface area contributed by atoms with Crippen molar-refractivity contribution in [2.45, 2.75) is 31.0 Å². The maximum absolute atomic E-state index is 12.6. The molecule has 0 aromatic carbocycles. The first-order valence-electron chi connectivity index (χ1n) is 7.36. The van der Waals surface area contributed by atoms with E-state index in [-0.39, 0.29) is 32.2 Å². The molecule has 1 aliphatic heterocycles. The minimum absolute atomic E-state index is 0.143. The lowest BCUT2D eigenvalue weighted by molar-refractivity contribution is 0.253. The monoisotopic (exact) mass is 381 g/mol. The van der Waals surface area contributed by atoms with E-state index >= 15 is 0 Å². The average molecular weight is 382 g/mol. The second-order valence-electron chi connectivity index (χ2n) is 5.79. The maximum atomic E-state index is 12.6. The van der Waals surface area contributed by atoms with Gasteiger partial charge in [0.25, 0.3) is 20.2 Å². The van der Waals surface area contributed by atoms with Gasteiger partial charge in [0.05, 0.1) is 0 Å². The number of hydrogen-bond acceptors (Lipinski definition) is 5. The van der Waals surface area contributed by atoms with Crippen molar-refractivity contribution < 1.29 is 16.8 Å². The highest BCUT2D eigenvalue weighted by Crippen LogP contribution is 2.25. The molecular weight excluding hydrogens is 358 g/mol. The Labute approximate surface area is 142 Å². The topological polar surface area (TPSA) is 78.0 Å². The highest BCUT2D eigenvalue weighted by Gasteiger charge is 2.35. The van der Waals surface area contributed by atoms with Crippen LogP contribution in [0.25, 0.3) is 0 Å². The quantitative estimate of drug-likeness (QED) is 0.761. The summed E-state index contributed by atoms with van der Waals surface area (Å²) in [5, 5.41) is 0. The van der Waals surface area contributed by atoms with Crippen molar-refractivity contribution >= 4 is 31.6 Å². The zero-order chi connectivity index (χ0) is 17.4. The number of piperazine rings is 1. The number of thiophene rings is 1. The highest BCUT2D eigenvalue weighted by atomic mass is 32.2. The van der Waals surface area contributed by atoms with Crippen LogP contribution in [0.5, 0.6) is 0 Å². The van der Waals surface area contributed by atoms with Crippen LogP contribution < -0.4 is 0 Å². The predicted octanol–water partition coefficient (Wildman–Crippen LogP) is 0.948. The van der Waals surface area contributed by atoms with Gasteiger partial charge in [-0.15, -0.1) is 11.3 Å². The van der Waals surface area contributed by atoms with E-state index in [1.54, 1.807) is 26.0 Å². The second-order valence-corrected chi connectivity index (χ2v) is 11.2. The summed E-state index contributed by atoms with van der Waals surface area (Å²) < 4.78 is 54.3. The predicted molar refractivity (Wildman–Crippen MR) is 91.2 cm³/mol. The van der Waals surface area contributed by atoms with Gasteiger partial charge < -0.3 is 0 Å². The van der Waals surface area contributed by atoms with Gasteiger partial charge in [0.1, 0.15) is 4.21 Å². The second kappa shape index (κ2) is 6.77. The Morgan fingerprint density at radius 1 is 1.04 bits per heavy atom. The molecule has 0 amide bonds. The van der Waals surface area contributed by atoms with Crippen LogP contribution in [0.2, 0.25) is 0 Å². The SMILES string of the molecule is Cc1ccc(S(=O)(=O)N2CCN(S(=O)(=O)N(C)C(C)C)CC2)s1. The number of sulfonamides is 1. The van der Waals surface area contributed by atoms with Gasteiger partial charge in [-0.3, -0.25) is 0 Å². The van der Waals surface area contributed by atoms with Gasteiger partial charge in [0.15, 0.2) is 0 Å². The molecule has 0 unspecified atom stereocenters. The molecule has 2 rings (SSSR count). The molecule has 0 atom stereocenters. The van der Waals surface area contributed by atoms with E-state index in [2.05, 4.69) is 0 Å². The first-order chi connectivity index (χ1) is 10.6. The lowest BCUT2D eigenvalue weighted by Crippen LogP contribution is -2.54. The molecule has 0 radical (unpaired) electrons. The van der Waals surface area contributed by atoms with Gasteiger partial charge in [-0.1, -0.05) is 0 Å². The molecule has 23 heavy (non-hydrogen) atoms. The molecule has 1 aliphatic rings. The van der Waals surface area contributed by atoms with Crippen molar-refractivity contribution in [3.8, 4) is 0 Å². The Hall–Kier alpha value is -0.520. The van der Waals surface area contributed by atoms with Gasteiger partial charge >= 0.3 is 0 Å². The molecule has 1 aromatic heterocycles. The molecule has 0 saturated carbocycles. The Morgan fingerprint density at radius 3 is 2.00 bits per heavy atom. The summed E-state index contributed by atoms with van der Waals surface area (Å²) in [6, 6.07) is 3.23. The maximum Gasteiger partial charge on any atom is 0.282 e. The first kappa shape index (κ1) is 18.8. The molecule has 0 bridgehead atoms. The lowest BCUT2D eigenvalue weighted by Gasteiger charge is -2.35. The number of nitrogens with zero attached hydrogens (tertiary/aromatic N) is 3. The molecule has 1 fully saturated rings. The number of aryl methyl sites for hydroxylation is 1. The largest absolute Gasteiger partial charge is 0.282 e. The Morgan fingerprint density at radius 2 is 1.57 bits per heavy atom. The zero-order valence-corrected chi connectivity index (χ0v) is 16.2. The van der Waals surface area contributed by atoms with E-state index in [4.69, 9.17) is 0 Å². The van der Waals surface area contributed by atoms with Crippen LogP contribution in [0.4, 0.5) is 0 Å². The van der Waals surface area contributed by atoms with Crippen LogP contribution in [-0.2, 0) is 20.2 Å². The fourth-order valence-corrected chi connectivity index (χ4v) is 6.65. The summed E-state index contributed by atoms with van der Waals surface area (Å²) in [7, 11) is -5.53. The Bertz CT molecular complexity index is 747. The third-order valence-corrected chi connectivity index (χ3v) is 9.46. The van der Waals surface area contributed by atoms with Gasteiger partial charge in [-0.05, 0) is 32.9 Å². The molecule has 1 aromatic rings. The zero-order valence-electron chi connectivity index (χ0n) is 13.8. The Kier molecular flexibility index (Phi) is 5.54. The van der Waals surface area contributed by atoms with E-state index in [1.807, 2.05) is 6.92 Å². The minimum atomic E-state index is -3.54. The van der Waals surface area contributed by atoms with E-state index in [0.717, 1.165) is 4.88 Å². The van der Waals surface area contributed by atoms with Crippen molar-refractivity contribution in [1.82, 2.24) is 12.9 Å². The molecule has 1 saturated heterocycles. The van der Waals surface area contributed by atoms with Crippen LogP contribution in [0.15, 0.2) is 16.3 Å². The van der Waals surface area contributed by atoms with Crippen LogP contribution in [0.1, 0.15) is 18.7 Å². The van der Waals surface area contributed by atoms with Crippen LogP contribution in [0.3, 0.4) is 0 Å². The minimum Gasteiger partial charge on any atom is -0.206 e. The number of hydrogen-bond donors (Lipinski definition) is 0. The fraction of sp³-hybridized carbons (Fsp3) is 0.692. The van der Waals surface area contributed by atoms with Crippen molar-refractivity contribution in [2.24, 2.45) is 0 Å². The standard InChI is InChI=1S/C13H23N3O4S3/c1-11(2)14(4)23(19,20)16-9-7-15(8-10-16)22(17,18)13-6-5-12(3)21-13/h5-6,11H,7-10H2,1-4H3. The lowest BCUT2D eigenvalue weighted by atomic mass is 10.4. The van der Waals surface area contributed by atoms with Crippen LogP contribution in [0, 0.1) is 6.92 Å². The average Bonchev–Trinajstić information content (AvgIpc) is 2.93. The summed E-state index contributed by atoms with van der Waals surface area (Å²) >= 11 is 1.23.